The van der Waals surface area contributed by atoms with Crippen molar-refractivity contribution in [1.29, 1.82) is 0 Å². The Hall–Kier alpha value is -2.72. The van der Waals surface area contributed by atoms with Gasteiger partial charge < -0.3 is 34.6 Å². The molecule has 1 heterocycles. The summed E-state index contributed by atoms with van der Waals surface area (Å²) < 4.78 is 16.2. The smallest absolute Gasteiger partial charge is 0.410 e. The number of urea groups is 1. The lowest BCUT2D eigenvalue weighted by Gasteiger charge is -2.37. The number of methoxy groups -OCH3 is 1. The molecule has 4 amide bonds. The van der Waals surface area contributed by atoms with E-state index in [1.54, 1.807) is 11.9 Å². The third-order valence-electron chi connectivity index (χ3n) is 6.00. The highest BCUT2D eigenvalue weighted by Crippen LogP contribution is 2.35. The van der Waals surface area contributed by atoms with Crippen molar-refractivity contribution in [3.8, 4) is 0 Å². The Bertz CT molecular complexity index is 923. The van der Waals surface area contributed by atoms with Gasteiger partial charge in [-0.3, -0.25) is 0 Å². The maximum atomic E-state index is 12.9. The van der Waals surface area contributed by atoms with Gasteiger partial charge in [0.05, 0.1) is 19.8 Å². The van der Waals surface area contributed by atoms with Crippen molar-refractivity contribution in [1.82, 2.24) is 20.4 Å². The Morgan fingerprint density at radius 1 is 1.22 bits per heavy atom. The van der Waals surface area contributed by atoms with E-state index in [0.717, 1.165) is 24.0 Å². The molecule has 1 saturated heterocycles. The number of rotatable bonds is 9. The second-order valence-electron chi connectivity index (χ2n) is 10.2. The molecule has 2 rings (SSSR count). The summed E-state index contributed by atoms with van der Waals surface area (Å²) in [5, 5.41) is 6.14. The van der Waals surface area contributed by atoms with Crippen LogP contribution in [-0.2, 0) is 14.2 Å². The van der Waals surface area contributed by atoms with Crippen LogP contribution >= 0.6 is 11.6 Å². The van der Waals surface area contributed by atoms with Crippen molar-refractivity contribution in [2.75, 3.05) is 53.5 Å². The number of alkyl carbamates (subject to hydrolysis) is 1. The highest BCUT2D eigenvalue weighted by atomic mass is 35.5. The van der Waals surface area contributed by atoms with Crippen molar-refractivity contribution in [2.45, 2.75) is 52.2 Å². The van der Waals surface area contributed by atoms with Crippen LogP contribution in [0.4, 0.5) is 14.4 Å². The molecule has 1 aliphatic rings. The number of ether oxygens (including phenoxy) is 3. The number of piperidine rings is 1. The van der Waals surface area contributed by atoms with E-state index in [-0.39, 0.29) is 24.7 Å². The van der Waals surface area contributed by atoms with Crippen LogP contribution in [0.5, 0.6) is 0 Å². The first kappa shape index (κ1) is 30.5. The zero-order valence-corrected chi connectivity index (χ0v) is 23.5. The number of hydrogen-bond acceptors (Lipinski definition) is 6. The van der Waals surface area contributed by atoms with Crippen LogP contribution < -0.4 is 10.6 Å². The molecule has 2 N–H and O–H groups in total. The number of aryl methyl sites for hydroxylation is 1. The van der Waals surface area contributed by atoms with E-state index in [4.69, 9.17) is 21.1 Å². The van der Waals surface area contributed by atoms with Gasteiger partial charge in [-0.05, 0) is 63.8 Å². The molecule has 0 unspecified atom stereocenters. The summed E-state index contributed by atoms with van der Waals surface area (Å²) in [5.41, 5.74) is 1.44. The quantitative estimate of drug-likeness (QED) is 0.451. The van der Waals surface area contributed by atoms with Crippen molar-refractivity contribution in [2.24, 2.45) is 5.92 Å². The summed E-state index contributed by atoms with van der Waals surface area (Å²) in [5.74, 6) is 0.0410. The molecule has 11 heteroatoms. The average Bonchev–Trinajstić information content (AvgIpc) is 2.84. The second-order valence-corrected chi connectivity index (χ2v) is 10.6. The normalized spacial score (nSPS) is 16.5. The fourth-order valence-corrected chi connectivity index (χ4v) is 4.30. The molecule has 0 aliphatic carbocycles. The molecule has 0 spiro atoms. The second kappa shape index (κ2) is 14.3. The lowest BCUT2D eigenvalue weighted by atomic mass is 9.86. The Morgan fingerprint density at radius 2 is 1.95 bits per heavy atom. The molecule has 10 nitrogen and oxygen atoms in total. The molecule has 1 aromatic carbocycles. The predicted octanol–water partition coefficient (Wildman–Crippen LogP) is 4.35. The molecular weight excluding hydrogens is 500 g/mol. The summed E-state index contributed by atoms with van der Waals surface area (Å²) in [4.78, 5) is 39.7. The third-order valence-corrected chi connectivity index (χ3v) is 6.24. The number of carbonyl (C=O) groups is 3. The number of halogens is 1. The third kappa shape index (κ3) is 10.3. The molecular formula is C26H41ClN4O6. The van der Waals surface area contributed by atoms with Crippen LogP contribution in [0, 0.1) is 12.8 Å². The first-order chi connectivity index (χ1) is 17.4. The number of likely N-dealkylation sites (N-methyl/N-ethyl adjacent to an activating group) is 1. The molecule has 2 atom stereocenters. The largest absolute Gasteiger partial charge is 0.453 e. The molecule has 0 aromatic heterocycles. The first-order valence-electron chi connectivity index (χ1n) is 12.6. The van der Waals surface area contributed by atoms with Crippen molar-refractivity contribution in [3.63, 3.8) is 0 Å². The Morgan fingerprint density at radius 3 is 2.62 bits per heavy atom. The maximum absolute atomic E-state index is 12.9. The Balaban J connectivity index is 1.99. The average molecular weight is 541 g/mol. The SMILES string of the molecule is COC(=O)NCCO[C@@H](c1cc(Cl)ccc1C)[C@@H]1CCCN(C(=O)NCCN(C)C(=O)OC(C)(C)C)C1. The zero-order chi connectivity index (χ0) is 27.6. The molecule has 0 bridgehead atoms. The van der Waals surface area contributed by atoms with E-state index >= 15 is 0 Å². The van der Waals surface area contributed by atoms with Gasteiger partial charge in [-0.15, -0.1) is 0 Å². The van der Waals surface area contributed by atoms with Crippen LogP contribution in [0.2, 0.25) is 5.02 Å². The molecule has 0 saturated carbocycles. The summed E-state index contributed by atoms with van der Waals surface area (Å²) in [7, 11) is 2.95. The number of nitrogens with one attached hydrogen (secondary N) is 2. The molecule has 0 radical (unpaired) electrons. The van der Waals surface area contributed by atoms with Crippen LogP contribution in [0.1, 0.15) is 50.8 Å². The number of nitrogens with zero attached hydrogens (tertiary/aromatic N) is 2. The number of amides is 4. The Kier molecular flexibility index (Phi) is 11.8. The minimum absolute atomic E-state index is 0.0410. The zero-order valence-electron chi connectivity index (χ0n) is 22.8. The predicted molar refractivity (Wildman–Crippen MR) is 142 cm³/mol. The van der Waals surface area contributed by atoms with Crippen molar-refractivity contribution < 1.29 is 28.6 Å². The highest BCUT2D eigenvalue weighted by Gasteiger charge is 2.32. The van der Waals surface area contributed by atoms with E-state index in [9.17, 15) is 14.4 Å². The van der Waals surface area contributed by atoms with Gasteiger partial charge in [-0.2, -0.15) is 0 Å². The van der Waals surface area contributed by atoms with E-state index in [0.29, 0.717) is 37.7 Å². The maximum Gasteiger partial charge on any atom is 0.410 e. The van der Waals surface area contributed by atoms with Gasteiger partial charge >= 0.3 is 18.2 Å². The number of likely N-dealkylation sites (tertiary alicyclic amines) is 1. The van der Waals surface area contributed by atoms with Gasteiger partial charge in [0.1, 0.15) is 5.60 Å². The summed E-state index contributed by atoms with van der Waals surface area (Å²) >= 11 is 6.30. The number of hydrogen-bond donors (Lipinski definition) is 2. The van der Waals surface area contributed by atoms with E-state index in [1.807, 2.05) is 45.9 Å². The van der Waals surface area contributed by atoms with E-state index < -0.39 is 17.8 Å². The number of benzene rings is 1. The molecule has 1 fully saturated rings. The molecule has 37 heavy (non-hydrogen) atoms. The van der Waals surface area contributed by atoms with Crippen LogP contribution in [0.3, 0.4) is 0 Å². The fourth-order valence-electron chi connectivity index (χ4n) is 4.12. The molecule has 1 aliphatic heterocycles. The van der Waals surface area contributed by atoms with Gasteiger partial charge in [0.15, 0.2) is 0 Å². The number of carbonyl (C=O) groups excluding carboxylic acids is 3. The minimum Gasteiger partial charge on any atom is -0.453 e. The van der Waals surface area contributed by atoms with Crippen LogP contribution in [0.15, 0.2) is 18.2 Å². The van der Waals surface area contributed by atoms with Crippen LogP contribution in [-0.4, -0.2) is 87.1 Å². The monoisotopic (exact) mass is 540 g/mol. The van der Waals surface area contributed by atoms with Crippen molar-refractivity contribution >= 4 is 29.8 Å². The lowest BCUT2D eigenvalue weighted by molar-refractivity contribution is -0.00886. The van der Waals surface area contributed by atoms with Crippen molar-refractivity contribution in [3.05, 3.63) is 34.3 Å². The molecule has 208 valence electrons. The highest BCUT2D eigenvalue weighted by molar-refractivity contribution is 6.30. The van der Waals surface area contributed by atoms with E-state index in [2.05, 4.69) is 15.4 Å². The van der Waals surface area contributed by atoms with Gasteiger partial charge in [-0.1, -0.05) is 17.7 Å². The summed E-state index contributed by atoms with van der Waals surface area (Å²) in [6.07, 6.45) is 0.462. The van der Waals surface area contributed by atoms with E-state index in [1.165, 1.54) is 12.0 Å². The topological polar surface area (TPSA) is 109 Å². The minimum atomic E-state index is -0.577. The standard InChI is InChI=1S/C26H41ClN4O6/c1-18-9-10-20(27)16-21(18)22(36-15-12-29-24(33)35-6)19-8-7-13-31(17-19)23(32)28-11-14-30(5)25(34)37-26(2,3)4/h9-10,16,19,22H,7-8,11-15,17H2,1-6H3,(H,28,32)(H,29,33)/t19-,22-/m1/s1. The van der Waals surface area contributed by atoms with Gasteiger partial charge in [-0.25, -0.2) is 14.4 Å². The van der Waals surface area contributed by atoms with Gasteiger partial charge in [0.2, 0.25) is 0 Å². The summed E-state index contributed by atoms with van der Waals surface area (Å²) in [6.45, 7) is 9.80. The fraction of sp³-hybridized carbons (Fsp3) is 0.654. The molecule has 1 aromatic rings. The Labute approximate surface area is 224 Å². The first-order valence-corrected chi connectivity index (χ1v) is 13.0. The van der Waals surface area contributed by atoms with Crippen LogP contribution in [0.25, 0.3) is 0 Å². The van der Waals surface area contributed by atoms with Gasteiger partial charge in [0, 0.05) is 50.7 Å². The summed E-state index contributed by atoms with van der Waals surface area (Å²) in [6, 6.07) is 5.51. The lowest BCUT2D eigenvalue weighted by Crippen LogP contribution is -2.48. The van der Waals surface area contributed by atoms with Gasteiger partial charge in [0.25, 0.3) is 0 Å².